The predicted molar refractivity (Wildman–Crippen MR) is 160 cm³/mol. The molecule has 2 aliphatic rings. The molecule has 2 amide bonds. The van der Waals surface area contributed by atoms with Crippen molar-refractivity contribution in [1.82, 2.24) is 15.0 Å². The molecule has 3 N–H and O–H groups in total. The molecule has 2 aromatic rings. The third-order valence-electron chi connectivity index (χ3n) is 7.06. The second-order valence-corrected chi connectivity index (χ2v) is 14.9. The maximum absolute atomic E-state index is 13.5. The van der Waals surface area contributed by atoms with Crippen molar-refractivity contribution in [2.75, 3.05) is 5.32 Å². The lowest BCUT2D eigenvalue weighted by atomic mass is 9.86. The van der Waals surface area contributed by atoms with Crippen LogP contribution in [0, 0.1) is 0 Å². The highest BCUT2D eigenvalue weighted by Crippen LogP contribution is 2.40. The molecule has 0 bridgehead atoms. The minimum absolute atomic E-state index is 0.0473. The van der Waals surface area contributed by atoms with Crippen LogP contribution in [0.4, 0.5) is 15.3 Å². The molecular formula is C29H42N4O6S2. The summed E-state index contributed by atoms with van der Waals surface area (Å²) in [5.74, 6) is 0.233. The first kappa shape index (κ1) is 31.2. The Labute approximate surface area is 247 Å². The number of ether oxygens (including phenoxy) is 2. The van der Waals surface area contributed by atoms with Gasteiger partial charge in [-0.3, -0.25) is 5.32 Å². The summed E-state index contributed by atoms with van der Waals surface area (Å²) in [4.78, 5) is 29.9. The normalized spacial score (nSPS) is 20.1. The van der Waals surface area contributed by atoms with Gasteiger partial charge in [0.2, 0.25) is 10.0 Å². The number of hydrogen-bond acceptors (Lipinski definition) is 8. The average Bonchev–Trinajstić information content (AvgIpc) is 3.55. The zero-order valence-corrected chi connectivity index (χ0v) is 26.1. The molecule has 0 aliphatic heterocycles. The lowest BCUT2D eigenvalue weighted by Gasteiger charge is -2.28. The Morgan fingerprint density at radius 3 is 2.34 bits per heavy atom. The number of benzene rings is 1. The summed E-state index contributed by atoms with van der Waals surface area (Å²) in [7, 11) is -3.94. The molecule has 10 nitrogen and oxygen atoms in total. The number of aromatic nitrogens is 1. The van der Waals surface area contributed by atoms with Crippen LogP contribution >= 0.6 is 11.3 Å². The van der Waals surface area contributed by atoms with Crippen molar-refractivity contribution in [2.45, 2.75) is 121 Å². The fourth-order valence-electron chi connectivity index (χ4n) is 5.29. The molecule has 226 valence electrons. The molecule has 4 rings (SSSR count). The molecule has 0 unspecified atom stereocenters. The zero-order chi connectivity index (χ0) is 29.8. The van der Waals surface area contributed by atoms with Gasteiger partial charge in [-0.05, 0) is 98.1 Å². The number of amides is 2. The van der Waals surface area contributed by atoms with Gasteiger partial charge in [0.05, 0.1) is 20.9 Å². The van der Waals surface area contributed by atoms with E-state index in [-0.39, 0.29) is 35.2 Å². The molecule has 0 spiro atoms. The molecule has 0 atom stereocenters. The van der Waals surface area contributed by atoms with Crippen LogP contribution < -0.4 is 15.4 Å². The molecule has 1 aromatic carbocycles. The Morgan fingerprint density at radius 2 is 1.71 bits per heavy atom. The van der Waals surface area contributed by atoms with E-state index in [1.165, 1.54) is 17.4 Å². The quantitative estimate of drug-likeness (QED) is 0.310. The Bertz CT molecular complexity index is 1320. The number of alkyl carbamates (subject to hydrolysis) is 1. The number of thiazole rings is 1. The smallest absolute Gasteiger partial charge is 0.411 e. The minimum atomic E-state index is -3.94. The Balaban J connectivity index is 1.48. The lowest BCUT2D eigenvalue weighted by molar-refractivity contribution is 0.0956. The van der Waals surface area contributed by atoms with Gasteiger partial charge in [0, 0.05) is 34.9 Å². The Hall–Kier alpha value is -2.70. The second-order valence-electron chi connectivity index (χ2n) is 12.2. The van der Waals surface area contributed by atoms with Crippen LogP contribution in [-0.2, 0) is 19.5 Å². The summed E-state index contributed by atoms with van der Waals surface area (Å²) >= 11 is 1.48. The van der Waals surface area contributed by atoms with Crippen LogP contribution in [0.1, 0.15) is 96.9 Å². The van der Waals surface area contributed by atoms with Gasteiger partial charge in [-0.15, -0.1) is 11.3 Å². The van der Waals surface area contributed by atoms with Gasteiger partial charge < -0.3 is 14.8 Å². The third kappa shape index (κ3) is 8.89. The van der Waals surface area contributed by atoms with E-state index in [1.807, 2.05) is 0 Å². The monoisotopic (exact) mass is 606 g/mol. The van der Waals surface area contributed by atoms with Crippen LogP contribution in [0.15, 0.2) is 29.3 Å². The number of carbonyl (C=O) groups is 2. The van der Waals surface area contributed by atoms with Crippen LogP contribution in [0.5, 0.6) is 0 Å². The molecule has 0 saturated heterocycles. The van der Waals surface area contributed by atoms with Crippen molar-refractivity contribution in [3.63, 3.8) is 0 Å². The van der Waals surface area contributed by atoms with Crippen molar-refractivity contribution in [2.24, 2.45) is 0 Å². The molecule has 12 heteroatoms. The van der Waals surface area contributed by atoms with E-state index in [4.69, 9.17) is 9.47 Å². The van der Waals surface area contributed by atoms with Crippen LogP contribution in [0.25, 0.3) is 10.4 Å². The third-order valence-corrected chi connectivity index (χ3v) is 10.1. The molecule has 1 heterocycles. The maximum Gasteiger partial charge on any atom is 0.411 e. The second kappa shape index (κ2) is 13.1. The predicted octanol–water partition coefficient (Wildman–Crippen LogP) is 6.54. The molecular weight excluding hydrogens is 564 g/mol. The number of nitrogens with zero attached hydrogens (tertiary/aromatic N) is 1. The summed E-state index contributed by atoms with van der Waals surface area (Å²) in [6.07, 6.45) is 8.04. The summed E-state index contributed by atoms with van der Waals surface area (Å²) in [5.41, 5.74) is 0.125. The molecule has 41 heavy (non-hydrogen) atoms. The zero-order valence-electron chi connectivity index (χ0n) is 24.5. The van der Waals surface area contributed by atoms with Gasteiger partial charge in [0.1, 0.15) is 6.10 Å². The maximum atomic E-state index is 13.5. The van der Waals surface area contributed by atoms with Crippen molar-refractivity contribution in [3.05, 3.63) is 29.4 Å². The van der Waals surface area contributed by atoms with E-state index in [2.05, 4.69) is 20.3 Å². The standard InChI is InChI=1S/C29H42N4O6S2/c1-18(2)38-27(34)32-21-14-15-23(25(16-21)41(36,37)33-29(3,4)5)24-17-30-26(40-24)19-10-12-20(13-11-19)31-28(35)39-22-8-6-7-9-22/h14-20,22,33H,6-13H2,1-5H3,(H,31,35)(H,32,34)/t19-,20-. The van der Waals surface area contributed by atoms with Crippen LogP contribution in [-0.4, -0.2) is 49.4 Å². The largest absolute Gasteiger partial charge is 0.447 e. The summed E-state index contributed by atoms with van der Waals surface area (Å²) in [6.45, 7) is 8.80. The van der Waals surface area contributed by atoms with E-state index < -0.39 is 21.7 Å². The van der Waals surface area contributed by atoms with E-state index in [9.17, 15) is 18.0 Å². The highest BCUT2D eigenvalue weighted by atomic mass is 32.2. The van der Waals surface area contributed by atoms with Gasteiger partial charge in [-0.2, -0.15) is 0 Å². The highest BCUT2D eigenvalue weighted by molar-refractivity contribution is 7.89. The highest BCUT2D eigenvalue weighted by Gasteiger charge is 2.29. The van der Waals surface area contributed by atoms with Crippen molar-refractivity contribution in [3.8, 4) is 10.4 Å². The van der Waals surface area contributed by atoms with Crippen LogP contribution in [0.3, 0.4) is 0 Å². The molecule has 1 aromatic heterocycles. The number of sulfonamides is 1. The first-order chi connectivity index (χ1) is 19.3. The van der Waals surface area contributed by atoms with Crippen molar-refractivity contribution < 1.29 is 27.5 Å². The van der Waals surface area contributed by atoms with Gasteiger partial charge in [-0.1, -0.05) is 6.07 Å². The molecule has 0 radical (unpaired) electrons. The van der Waals surface area contributed by atoms with Gasteiger partial charge in [-0.25, -0.2) is 27.7 Å². The summed E-state index contributed by atoms with van der Waals surface area (Å²) < 4.78 is 40.4. The van der Waals surface area contributed by atoms with Gasteiger partial charge in [0.15, 0.2) is 0 Å². The number of rotatable bonds is 8. The number of nitrogens with one attached hydrogen (secondary N) is 3. The van der Waals surface area contributed by atoms with Crippen LogP contribution in [0.2, 0.25) is 0 Å². The SMILES string of the molecule is CC(C)OC(=O)Nc1ccc(-c2cnc([C@H]3CC[C@H](NC(=O)OC4CCCC4)CC3)s2)c(S(=O)(=O)NC(C)(C)C)c1. The first-order valence-electron chi connectivity index (χ1n) is 14.4. The van der Waals surface area contributed by atoms with Gasteiger partial charge >= 0.3 is 12.2 Å². The van der Waals surface area contributed by atoms with E-state index in [0.717, 1.165) is 61.3 Å². The Kier molecular flexibility index (Phi) is 9.97. The molecule has 2 saturated carbocycles. The molecule has 2 fully saturated rings. The van der Waals surface area contributed by atoms with Crippen molar-refractivity contribution >= 4 is 39.2 Å². The van der Waals surface area contributed by atoms with E-state index in [1.54, 1.807) is 52.9 Å². The minimum Gasteiger partial charge on any atom is -0.447 e. The van der Waals surface area contributed by atoms with E-state index in [0.29, 0.717) is 11.3 Å². The Morgan fingerprint density at radius 1 is 1.02 bits per heavy atom. The van der Waals surface area contributed by atoms with Gasteiger partial charge in [0.25, 0.3) is 0 Å². The number of hydrogen-bond donors (Lipinski definition) is 3. The lowest BCUT2D eigenvalue weighted by Crippen LogP contribution is -2.40. The number of carbonyl (C=O) groups excluding carboxylic acids is 2. The summed E-state index contributed by atoms with van der Waals surface area (Å²) in [5, 5.41) is 6.59. The average molecular weight is 607 g/mol. The number of anilines is 1. The fraction of sp³-hybridized carbons (Fsp3) is 0.621. The fourth-order valence-corrected chi connectivity index (χ4v) is 8.15. The molecule has 2 aliphatic carbocycles. The van der Waals surface area contributed by atoms with E-state index >= 15 is 0 Å². The summed E-state index contributed by atoms with van der Waals surface area (Å²) in [6, 6.07) is 4.89. The first-order valence-corrected chi connectivity index (χ1v) is 16.7. The van der Waals surface area contributed by atoms with Crippen molar-refractivity contribution in [1.29, 1.82) is 0 Å². The topological polar surface area (TPSA) is 136 Å².